The molecule has 0 spiro atoms. The van der Waals surface area contributed by atoms with Crippen LogP contribution in [0.5, 0.6) is 11.5 Å². The first kappa shape index (κ1) is 11.6. The van der Waals surface area contributed by atoms with Crippen molar-refractivity contribution in [3.05, 3.63) is 18.2 Å². The number of hydrogen-bond acceptors (Lipinski definition) is 5. The van der Waals surface area contributed by atoms with Crippen LogP contribution in [0.1, 0.15) is 0 Å². The maximum atomic E-state index is 11.5. The number of ether oxygens (including phenoxy) is 2. The van der Waals surface area contributed by atoms with Crippen LogP contribution in [0.2, 0.25) is 0 Å². The summed E-state index contributed by atoms with van der Waals surface area (Å²) in [5.41, 5.74) is 0.741. The number of carbonyl (C=O) groups is 2. The maximum Gasteiger partial charge on any atom is 0.328 e. The van der Waals surface area contributed by atoms with Crippen LogP contribution in [0.4, 0.5) is 5.69 Å². The maximum absolute atomic E-state index is 11.5. The lowest BCUT2D eigenvalue weighted by Crippen LogP contribution is -2.57. The number of amides is 1. The zero-order valence-electron chi connectivity index (χ0n) is 9.96. The molecule has 0 aliphatic carbocycles. The lowest BCUT2D eigenvalue weighted by Gasteiger charge is -2.32. The van der Waals surface area contributed by atoms with Crippen LogP contribution in [0.25, 0.3) is 0 Å². The number of benzene rings is 1. The van der Waals surface area contributed by atoms with Crippen molar-refractivity contribution in [2.24, 2.45) is 0 Å². The number of fused-ring (bicyclic) bond motifs is 1. The van der Waals surface area contributed by atoms with Gasteiger partial charge in [0.2, 0.25) is 12.7 Å². The fourth-order valence-corrected chi connectivity index (χ4v) is 2.16. The lowest BCUT2D eigenvalue weighted by molar-refractivity contribution is -0.142. The molecule has 19 heavy (non-hydrogen) atoms. The summed E-state index contributed by atoms with van der Waals surface area (Å²) < 4.78 is 10.5. The van der Waals surface area contributed by atoms with Crippen LogP contribution < -0.4 is 19.7 Å². The van der Waals surface area contributed by atoms with Gasteiger partial charge in [-0.05, 0) is 12.1 Å². The van der Waals surface area contributed by atoms with Gasteiger partial charge in [0.25, 0.3) is 0 Å². The summed E-state index contributed by atoms with van der Waals surface area (Å²) in [6.07, 6.45) is 0. The van der Waals surface area contributed by atoms with Gasteiger partial charge in [-0.2, -0.15) is 0 Å². The van der Waals surface area contributed by atoms with Gasteiger partial charge in [-0.1, -0.05) is 0 Å². The summed E-state index contributed by atoms with van der Waals surface area (Å²) in [6, 6.07) is 4.39. The molecule has 2 aliphatic heterocycles. The van der Waals surface area contributed by atoms with Crippen LogP contribution in [0, 0.1) is 0 Å². The molecule has 0 radical (unpaired) electrons. The van der Waals surface area contributed by atoms with Crippen molar-refractivity contribution in [2.45, 2.75) is 6.04 Å². The molecule has 1 unspecified atom stereocenters. The summed E-state index contributed by atoms with van der Waals surface area (Å²) >= 11 is 0. The third-order valence-electron chi connectivity index (χ3n) is 3.09. The molecule has 3 rings (SSSR count). The van der Waals surface area contributed by atoms with Crippen molar-refractivity contribution < 1.29 is 24.2 Å². The molecule has 7 heteroatoms. The predicted octanol–water partition coefficient (Wildman–Crippen LogP) is -0.195. The summed E-state index contributed by atoms with van der Waals surface area (Å²) in [6.45, 7) is 0.529. The molecule has 2 heterocycles. The highest BCUT2D eigenvalue weighted by atomic mass is 16.7. The topological polar surface area (TPSA) is 88.1 Å². The van der Waals surface area contributed by atoms with Crippen molar-refractivity contribution in [3.8, 4) is 11.5 Å². The minimum atomic E-state index is -1.04. The summed E-state index contributed by atoms with van der Waals surface area (Å²) in [5, 5.41) is 11.4. The van der Waals surface area contributed by atoms with Crippen LogP contribution in [0.15, 0.2) is 18.2 Å². The van der Waals surface area contributed by atoms with Gasteiger partial charge in [-0.3, -0.25) is 4.79 Å². The van der Waals surface area contributed by atoms with Gasteiger partial charge in [0.1, 0.15) is 6.04 Å². The molecule has 1 amide bonds. The second kappa shape index (κ2) is 4.34. The Morgan fingerprint density at radius 1 is 1.37 bits per heavy atom. The molecule has 7 nitrogen and oxygen atoms in total. The molecule has 0 bridgehead atoms. The molecule has 1 saturated heterocycles. The number of piperazine rings is 1. The second-order valence-corrected chi connectivity index (χ2v) is 4.38. The summed E-state index contributed by atoms with van der Waals surface area (Å²) in [4.78, 5) is 24.2. The molecule has 1 atom stereocenters. The van der Waals surface area contributed by atoms with E-state index in [1.165, 1.54) is 0 Å². The quantitative estimate of drug-likeness (QED) is 0.769. The zero-order valence-corrected chi connectivity index (χ0v) is 9.96. The van der Waals surface area contributed by atoms with Crippen LogP contribution in [-0.4, -0.2) is 42.9 Å². The van der Waals surface area contributed by atoms with E-state index in [1.54, 1.807) is 23.1 Å². The van der Waals surface area contributed by atoms with Crippen molar-refractivity contribution in [2.75, 3.05) is 24.8 Å². The highest BCUT2D eigenvalue weighted by molar-refractivity contribution is 5.89. The Kier molecular flexibility index (Phi) is 2.66. The summed E-state index contributed by atoms with van der Waals surface area (Å²) in [7, 11) is 0. The van der Waals surface area contributed by atoms with Crippen molar-refractivity contribution in [1.29, 1.82) is 0 Å². The highest BCUT2D eigenvalue weighted by Gasteiger charge is 2.30. The van der Waals surface area contributed by atoms with Gasteiger partial charge in [-0.25, -0.2) is 4.79 Å². The first-order valence-corrected chi connectivity index (χ1v) is 5.80. The fraction of sp³-hybridized carbons (Fsp3) is 0.333. The van der Waals surface area contributed by atoms with E-state index in [2.05, 4.69) is 5.32 Å². The number of carboxylic acid groups (broad SMARTS) is 1. The van der Waals surface area contributed by atoms with Gasteiger partial charge in [0.05, 0.1) is 6.54 Å². The number of hydrogen-bond donors (Lipinski definition) is 2. The molecule has 1 aromatic carbocycles. The monoisotopic (exact) mass is 264 g/mol. The fourth-order valence-electron chi connectivity index (χ4n) is 2.16. The molecule has 100 valence electrons. The first-order valence-electron chi connectivity index (χ1n) is 5.80. The number of nitrogens with zero attached hydrogens (tertiary/aromatic N) is 1. The lowest BCUT2D eigenvalue weighted by atomic mass is 10.1. The van der Waals surface area contributed by atoms with E-state index in [4.69, 9.17) is 14.6 Å². The van der Waals surface area contributed by atoms with Gasteiger partial charge in [0, 0.05) is 18.3 Å². The number of rotatable bonds is 2. The molecule has 0 saturated carbocycles. The molecule has 2 N–H and O–H groups in total. The average Bonchev–Trinajstić information content (AvgIpc) is 2.85. The van der Waals surface area contributed by atoms with E-state index in [-0.39, 0.29) is 25.8 Å². The smallest absolute Gasteiger partial charge is 0.328 e. The molecular formula is C12H12N2O5. The summed E-state index contributed by atoms with van der Waals surface area (Å²) in [5.74, 6) is -0.0922. The van der Waals surface area contributed by atoms with E-state index in [9.17, 15) is 9.59 Å². The van der Waals surface area contributed by atoms with Crippen molar-refractivity contribution in [3.63, 3.8) is 0 Å². The average molecular weight is 264 g/mol. The highest BCUT2D eigenvalue weighted by Crippen LogP contribution is 2.35. The van der Waals surface area contributed by atoms with Crippen LogP contribution in [0.3, 0.4) is 0 Å². The Bertz CT molecular complexity index is 545. The predicted molar refractivity (Wildman–Crippen MR) is 64.3 cm³/mol. The molecule has 1 aromatic rings. The SMILES string of the molecule is O=C1CN(c2ccc3c(c2)OCO3)CC(C(=O)O)N1. The van der Waals surface area contributed by atoms with Gasteiger partial charge in [-0.15, -0.1) is 0 Å². The zero-order chi connectivity index (χ0) is 13.4. The van der Waals surface area contributed by atoms with Gasteiger partial charge >= 0.3 is 5.97 Å². The molecule has 0 aromatic heterocycles. The molecular weight excluding hydrogens is 252 g/mol. The van der Waals surface area contributed by atoms with E-state index in [0.717, 1.165) is 5.69 Å². The minimum absolute atomic E-state index is 0.128. The minimum Gasteiger partial charge on any atom is -0.480 e. The number of anilines is 1. The third kappa shape index (κ3) is 2.14. The Morgan fingerprint density at radius 3 is 2.95 bits per heavy atom. The Labute approximate surface area is 108 Å². The normalized spacial score (nSPS) is 21.2. The number of carbonyl (C=O) groups excluding carboxylic acids is 1. The Hall–Kier alpha value is -2.44. The number of nitrogens with one attached hydrogen (secondary N) is 1. The standard InChI is InChI=1S/C12H12N2O5/c15-11-5-14(4-8(13-11)12(16)17)7-1-2-9-10(3-7)19-6-18-9/h1-3,8H,4-6H2,(H,13,15)(H,16,17). The van der Waals surface area contributed by atoms with Gasteiger partial charge in [0.15, 0.2) is 11.5 Å². The van der Waals surface area contributed by atoms with Crippen LogP contribution >= 0.6 is 0 Å². The van der Waals surface area contributed by atoms with E-state index in [0.29, 0.717) is 11.5 Å². The first-order chi connectivity index (χ1) is 9.13. The van der Waals surface area contributed by atoms with Crippen LogP contribution in [-0.2, 0) is 9.59 Å². The van der Waals surface area contributed by atoms with E-state index < -0.39 is 12.0 Å². The van der Waals surface area contributed by atoms with Crippen molar-refractivity contribution in [1.82, 2.24) is 5.32 Å². The molecule has 1 fully saturated rings. The van der Waals surface area contributed by atoms with Crippen molar-refractivity contribution >= 4 is 17.6 Å². The molecule has 2 aliphatic rings. The number of aliphatic carboxylic acids is 1. The second-order valence-electron chi connectivity index (χ2n) is 4.38. The Balaban J connectivity index is 1.84. The third-order valence-corrected chi connectivity index (χ3v) is 3.09. The van der Waals surface area contributed by atoms with E-state index in [1.807, 2.05) is 0 Å². The van der Waals surface area contributed by atoms with E-state index >= 15 is 0 Å². The number of carboxylic acids is 1. The largest absolute Gasteiger partial charge is 0.480 e. The van der Waals surface area contributed by atoms with Gasteiger partial charge < -0.3 is 24.8 Å². The Morgan fingerprint density at radius 2 is 2.16 bits per heavy atom.